The number of carboxylic acids is 4. The molecule has 0 radical (unpaired) electrons. The van der Waals surface area contributed by atoms with Gasteiger partial charge >= 0.3 is 23.9 Å². The third kappa shape index (κ3) is 12.2. The lowest BCUT2D eigenvalue weighted by Gasteiger charge is -2.25. The molecule has 18 nitrogen and oxygen atoms in total. The van der Waals surface area contributed by atoms with Crippen LogP contribution < -0.4 is 25.6 Å². The molecule has 2 rings (SSSR count). The van der Waals surface area contributed by atoms with Gasteiger partial charge in [0.05, 0.1) is 4.90 Å². The summed E-state index contributed by atoms with van der Waals surface area (Å²) < 4.78 is 29.5. The highest BCUT2D eigenvalue weighted by molar-refractivity contribution is 7.89. The fourth-order valence-electron chi connectivity index (χ4n) is 4.72. The Kier molecular flexibility index (Phi) is 15.4. The predicted molar refractivity (Wildman–Crippen MR) is 180 cm³/mol. The van der Waals surface area contributed by atoms with Crippen molar-refractivity contribution in [1.29, 1.82) is 0 Å². The van der Waals surface area contributed by atoms with Crippen molar-refractivity contribution in [2.45, 2.75) is 67.6 Å². The van der Waals surface area contributed by atoms with Gasteiger partial charge in [0, 0.05) is 55.6 Å². The topological polar surface area (TPSA) is 286 Å². The second-order valence-corrected chi connectivity index (χ2v) is 13.2. The number of thiol groups is 1. The van der Waals surface area contributed by atoms with Gasteiger partial charge in [0.15, 0.2) is 0 Å². The molecule has 0 aliphatic carbocycles. The number of anilines is 1. The molecule has 274 valence electrons. The van der Waals surface area contributed by atoms with Crippen molar-refractivity contribution < 1.29 is 62.4 Å². The van der Waals surface area contributed by atoms with Crippen LogP contribution in [0.5, 0.6) is 0 Å². The van der Waals surface area contributed by atoms with Crippen molar-refractivity contribution in [3.05, 3.63) is 36.4 Å². The number of carbonyl (C=O) groups excluding carboxylic acids is 3. The van der Waals surface area contributed by atoms with Crippen molar-refractivity contribution in [3.8, 4) is 0 Å². The van der Waals surface area contributed by atoms with Crippen molar-refractivity contribution in [2.24, 2.45) is 0 Å². The molecule has 0 saturated heterocycles. The normalized spacial score (nSPS) is 13.7. The minimum Gasteiger partial charge on any atom is -0.481 e. The number of sulfonamides is 1. The van der Waals surface area contributed by atoms with Gasteiger partial charge in [0.2, 0.25) is 27.7 Å². The molecule has 4 atom stereocenters. The zero-order valence-corrected chi connectivity index (χ0v) is 28.7. The van der Waals surface area contributed by atoms with E-state index in [1.807, 2.05) is 0 Å². The summed E-state index contributed by atoms with van der Waals surface area (Å²) in [7, 11) is -0.957. The van der Waals surface area contributed by atoms with E-state index in [1.54, 1.807) is 43.3 Å². The van der Waals surface area contributed by atoms with Crippen LogP contribution in [0.4, 0.5) is 5.69 Å². The highest BCUT2D eigenvalue weighted by Gasteiger charge is 2.33. The fraction of sp³-hybridized carbons (Fsp3) is 0.433. The Hall–Kier alpha value is -4.95. The van der Waals surface area contributed by atoms with Gasteiger partial charge in [-0.3, -0.25) is 28.8 Å². The molecule has 0 bridgehead atoms. The van der Waals surface area contributed by atoms with E-state index in [2.05, 4.69) is 33.3 Å². The van der Waals surface area contributed by atoms with Crippen molar-refractivity contribution in [3.63, 3.8) is 0 Å². The Balaban J connectivity index is 2.33. The SMILES string of the molecule is CN(C)c1cccc2c(S(=O)(=O)N[C@@H](CCC(=O)O)C(=O)N[C@@H](CS)C(=O)N[C@@H](CCC(=O)O)C(=O)N[C@@H](CCC(=O)O)C(=O)O)cccc12. The average Bonchev–Trinajstić information content (AvgIpc) is 3.04. The summed E-state index contributed by atoms with van der Waals surface area (Å²) >= 11 is 4.04. The first kappa shape index (κ1) is 41.2. The van der Waals surface area contributed by atoms with Crippen LogP contribution in [0.1, 0.15) is 38.5 Å². The van der Waals surface area contributed by atoms with Crippen molar-refractivity contribution in [2.75, 3.05) is 24.7 Å². The van der Waals surface area contributed by atoms with E-state index in [0.717, 1.165) is 0 Å². The molecule has 0 saturated carbocycles. The Morgan fingerprint density at radius 3 is 1.62 bits per heavy atom. The van der Waals surface area contributed by atoms with E-state index in [0.29, 0.717) is 16.5 Å². The van der Waals surface area contributed by atoms with Crippen LogP contribution in [0.2, 0.25) is 0 Å². The molecule has 2 aromatic rings. The maximum Gasteiger partial charge on any atom is 0.326 e. The van der Waals surface area contributed by atoms with Crippen molar-refractivity contribution >= 4 is 80.7 Å². The number of benzene rings is 2. The molecule has 8 N–H and O–H groups in total. The van der Waals surface area contributed by atoms with Gasteiger partial charge in [-0.15, -0.1) is 0 Å². The van der Waals surface area contributed by atoms with Gasteiger partial charge < -0.3 is 41.3 Å². The summed E-state index contributed by atoms with van der Waals surface area (Å²) in [5, 5.41) is 44.0. The second-order valence-electron chi connectivity index (χ2n) is 11.2. The monoisotopic (exact) mass is 741 g/mol. The highest BCUT2D eigenvalue weighted by atomic mass is 32.2. The number of fused-ring (bicyclic) bond motifs is 1. The van der Waals surface area contributed by atoms with Gasteiger partial charge in [0.1, 0.15) is 24.2 Å². The molecule has 0 unspecified atom stereocenters. The molecular weight excluding hydrogens is 702 g/mol. The summed E-state index contributed by atoms with van der Waals surface area (Å²) in [6, 6.07) is 2.84. The molecule has 3 amide bonds. The highest BCUT2D eigenvalue weighted by Crippen LogP contribution is 2.30. The molecule has 50 heavy (non-hydrogen) atoms. The maximum atomic E-state index is 13.6. The van der Waals surface area contributed by atoms with Crippen LogP contribution in [-0.2, 0) is 43.6 Å². The Bertz CT molecular complexity index is 1720. The smallest absolute Gasteiger partial charge is 0.326 e. The largest absolute Gasteiger partial charge is 0.481 e. The summed E-state index contributed by atoms with van der Waals surface area (Å²) in [5.74, 6) is -9.44. The first-order valence-corrected chi connectivity index (χ1v) is 17.1. The van der Waals surface area contributed by atoms with Crippen LogP contribution in [0.3, 0.4) is 0 Å². The predicted octanol–water partition coefficient (Wildman–Crippen LogP) is -0.384. The van der Waals surface area contributed by atoms with Gasteiger partial charge in [-0.25, -0.2) is 13.2 Å². The van der Waals surface area contributed by atoms with E-state index in [4.69, 9.17) is 10.2 Å². The molecule has 0 aliphatic heterocycles. The lowest BCUT2D eigenvalue weighted by Crippen LogP contribution is -2.58. The standard InChI is InChI=1S/C30H39N5O13S2/c1-35(2)22-7-3-6-17-16(22)5-4-8-23(17)50(47,48)34-19(10-13-25(38)39)28(43)33-21(15-49)29(44)31-18(9-12-24(36)37)27(42)32-20(30(45)46)11-14-26(40)41/h3-8,18-21,34,49H,9-15H2,1-2H3,(H,31,44)(H,32,42)(H,33,43)(H,36,37)(H,38,39)(H,40,41)(H,45,46)/t18-,19-,20-,21-/m0/s1. The zero-order chi connectivity index (χ0) is 37.8. The molecular formula is C30H39N5O13S2. The third-order valence-electron chi connectivity index (χ3n) is 7.25. The quantitative estimate of drug-likeness (QED) is 0.0738. The van der Waals surface area contributed by atoms with Gasteiger partial charge in [0.25, 0.3) is 0 Å². The molecule has 0 heterocycles. The van der Waals surface area contributed by atoms with E-state index >= 15 is 0 Å². The number of aliphatic carboxylic acids is 4. The van der Waals surface area contributed by atoms with Crippen LogP contribution in [0.25, 0.3) is 10.8 Å². The van der Waals surface area contributed by atoms with E-state index < -0.39 is 120 Å². The summed E-state index contributed by atoms with van der Waals surface area (Å²) in [5.41, 5.74) is 0.705. The number of carbonyl (C=O) groups is 7. The lowest BCUT2D eigenvalue weighted by molar-refractivity contribution is -0.144. The number of hydrogen-bond acceptors (Lipinski definition) is 11. The second kappa shape index (κ2) is 18.7. The number of nitrogens with one attached hydrogen (secondary N) is 4. The zero-order valence-electron chi connectivity index (χ0n) is 27.0. The number of hydrogen-bond donors (Lipinski definition) is 9. The molecule has 0 aliphatic rings. The number of carboxylic acid groups (broad SMARTS) is 4. The van der Waals surface area contributed by atoms with Crippen molar-refractivity contribution in [1.82, 2.24) is 20.7 Å². The van der Waals surface area contributed by atoms with E-state index in [-0.39, 0.29) is 4.90 Å². The van der Waals surface area contributed by atoms with E-state index in [9.17, 15) is 52.2 Å². The van der Waals surface area contributed by atoms with Crippen LogP contribution in [-0.4, -0.2) is 114 Å². The van der Waals surface area contributed by atoms with Crippen LogP contribution >= 0.6 is 12.6 Å². The summed E-state index contributed by atoms with van der Waals surface area (Å²) in [6.45, 7) is 0. The minimum absolute atomic E-state index is 0.203. The fourth-order valence-corrected chi connectivity index (χ4v) is 6.43. The first-order valence-electron chi connectivity index (χ1n) is 15.0. The molecule has 20 heteroatoms. The Morgan fingerprint density at radius 2 is 1.10 bits per heavy atom. The summed E-state index contributed by atoms with van der Waals surface area (Å²) in [4.78, 5) is 86.1. The molecule has 0 aromatic heterocycles. The Labute approximate surface area is 292 Å². The summed E-state index contributed by atoms with van der Waals surface area (Å²) in [6.07, 6.45) is -3.52. The van der Waals surface area contributed by atoms with Gasteiger partial charge in [-0.1, -0.05) is 24.3 Å². The first-order chi connectivity index (χ1) is 23.4. The molecule has 0 spiro atoms. The number of nitrogens with zero attached hydrogens (tertiary/aromatic N) is 1. The molecule has 2 aromatic carbocycles. The third-order valence-corrected chi connectivity index (χ3v) is 9.14. The minimum atomic E-state index is -4.49. The van der Waals surface area contributed by atoms with Gasteiger partial charge in [-0.05, 0) is 31.4 Å². The molecule has 0 fully saturated rings. The van der Waals surface area contributed by atoms with E-state index in [1.165, 1.54) is 12.1 Å². The average molecular weight is 742 g/mol. The Morgan fingerprint density at radius 1 is 0.660 bits per heavy atom. The number of amides is 3. The van der Waals surface area contributed by atoms with Crippen LogP contribution in [0.15, 0.2) is 41.3 Å². The lowest BCUT2D eigenvalue weighted by atomic mass is 10.1. The maximum absolute atomic E-state index is 13.6. The van der Waals surface area contributed by atoms with Crippen LogP contribution in [0, 0.1) is 0 Å². The number of rotatable bonds is 21. The van der Waals surface area contributed by atoms with Gasteiger partial charge in [-0.2, -0.15) is 17.4 Å².